The maximum atomic E-state index is 12.6. The Bertz CT molecular complexity index is 1200. The van der Waals surface area contributed by atoms with Crippen molar-refractivity contribution in [3.05, 3.63) is 40.3 Å². The van der Waals surface area contributed by atoms with Crippen molar-refractivity contribution in [1.82, 2.24) is 24.4 Å². The zero-order valence-electron chi connectivity index (χ0n) is 20.5. The first-order valence-corrected chi connectivity index (χ1v) is 14.0. The lowest BCUT2D eigenvalue weighted by Crippen LogP contribution is -2.43. The summed E-state index contributed by atoms with van der Waals surface area (Å²) in [7, 11) is -4.21. The van der Waals surface area contributed by atoms with Crippen molar-refractivity contribution in [3.8, 4) is 0 Å². The lowest BCUT2D eigenvalue weighted by Gasteiger charge is -2.30. The Kier molecular flexibility index (Phi) is 9.23. The van der Waals surface area contributed by atoms with Crippen LogP contribution in [-0.4, -0.2) is 58.8 Å². The van der Waals surface area contributed by atoms with E-state index in [9.17, 15) is 18.0 Å². The van der Waals surface area contributed by atoms with Gasteiger partial charge in [-0.1, -0.05) is 36.5 Å². The van der Waals surface area contributed by atoms with E-state index in [2.05, 4.69) is 10.1 Å². The molecule has 1 saturated heterocycles. The second-order valence-corrected chi connectivity index (χ2v) is 11.8. The van der Waals surface area contributed by atoms with Gasteiger partial charge in [-0.15, -0.1) is 0 Å². The van der Waals surface area contributed by atoms with Crippen LogP contribution in [0.15, 0.2) is 29.4 Å². The van der Waals surface area contributed by atoms with Crippen molar-refractivity contribution in [2.24, 2.45) is 5.92 Å². The minimum absolute atomic E-state index is 0.0823. The molecule has 0 saturated carbocycles. The maximum Gasteiger partial charge on any atom is 0.410 e. The zero-order valence-corrected chi connectivity index (χ0v) is 22.9. The Morgan fingerprint density at radius 3 is 2.67 bits per heavy atom. The molecule has 2 aromatic heterocycles. The molecule has 0 aromatic carbocycles. The van der Waals surface area contributed by atoms with Gasteiger partial charge in [-0.3, -0.25) is 9.48 Å². The van der Waals surface area contributed by atoms with Crippen LogP contribution in [0.4, 0.5) is 4.79 Å². The predicted octanol–water partition coefficient (Wildman–Crippen LogP) is 4.52. The first-order chi connectivity index (χ1) is 16.9. The van der Waals surface area contributed by atoms with Crippen LogP contribution in [0.5, 0.6) is 0 Å². The largest absolute Gasteiger partial charge is 0.449 e. The van der Waals surface area contributed by atoms with Gasteiger partial charge in [-0.05, 0) is 63.6 Å². The van der Waals surface area contributed by atoms with Crippen molar-refractivity contribution in [2.75, 3.05) is 13.2 Å². The number of carbonyl (C=O) groups is 2. The molecule has 0 bridgehead atoms. The van der Waals surface area contributed by atoms with Crippen LogP contribution in [0.25, 0.3) is 0 Å². The van der Waals surface area contributed by atoms with Gasteiger partial charge in [0.05, 0.1) is 12.2 Å². The smallest absolute Gasteiger partial charge is 0.410 e. The summed E-state index contributed by atoms with van der Waals surface area (Å²) < 4.78 is 34.1. The Morgan fingerprint density at radius 2 is 1.97 bits per heavy atom. The maximum absolute atomic E-state index is 12.6. The quantitative estimate of drug-likeness (QED) is 0.335. The number of hydrogen-bond donors (Lipinski definition) is 1. The van der Waals surface area contributed by atoms with Gasteiger partial charge in [0.15, 0.2) is 5.03 Å². The van der Waals surface area contributed by atoms with Crippen molar-refractivity contribution in [3.63, 3.8) is 0 Å². The third kappa shape index (κ3) is 7.10. The van der Waals surface area contributed by atoms with E-state index in [4.69, 9.17) is 27.9 Å². The summed E-state index contributed by atoms with van der Waals surface area (Å²) >= 11 is 11.6. The van der Waals surface area contributed by atoms with Crippen LogP contribution in [0.2, 0.25) is 10.3 Å². The molecule has 0 spiro atoms. The second-order valence-electron chi connectivity index (χ2n) is 9.43. The van der Waals surface area contributed by atoms with Crippen LogP contribution in [-0.2, 0) is 21.3 Å². The lowest BCUT2D eigenvalue weighted by molar-refractivity contribution is 0.0791. The number of aryl methyl sites for hydroxylation is 1. The van der Waals surface area contributed by atoms with E-state index in [-0.39, 0.29) is 32.5 Å². The standard InChI is InChI=1S/C23H31Cl2N5O5S/c1-4-5-13-35-22(32)30-15-16(14-23(30,2)3)7-6-11-29-12-10-19(27-29)36(33,34)28-21(31)17-8-9-18(24)26-20(17)25/h8-10,12,16H,4-7,11,13-15H2,1-3H3,(H,28,31)/t16-/m0/s1. The first kappa shape index (κ1) is 28.2. The summed E-state index contributed by atoms with van der Waals surface area (Å²) in [6.07, 6.45) is 5.56. The fraction of sp³-hybridized carbons (Fsp3) is 0.565. The summed E-state index contributed by atoms with van der Waals surface area (Å²) in [5, 5.41) is 3.70. The second kappa shape index (κ2) is 11.8. The summed E-state index contributed by atoms with van der Waals surface area (Å²) in [6, 6.07) is 3.95. The Labute approximate surface area is 221 Å². The Morgan fingerprint density at radius 1 is 1.22 bits per heavy atom. The number of aromatic nitrogens is 3. The van der Waals surface area contributed by atoms with Gasteiger partial charge in [0.1, 0.15) is 10.3 Å². The number of ether oxygens (including phenoxy) is 1. The number of rotatable bonds is 10. The predicted molar refractivity (Wildman–Crippen MR) is 136 cm³/mol. The molecule has 13 heteroatoms. The first-order valence-electron chi connectivity index (χ1n) is 11.8. The van der Waals surface area contributed by atoms with Crippen molar-refractivity contribution in [1.29, 1.82) is 0 Å². The van der Waals surface area contributed by atoms with Gasteiger partial charge in [0, 0.05) is 24.8 Å². The number of carbonyl (C=O) groups excluding carboxylic acids is 2. The molecule has 36 heavy (non-hydrogen) atoms. The molecule has 2 aromatic rings. The van der Waals surface area contributed by atoms with Gasteiger partial charge < -0.3 is 9.64 Å². The number of pyridine rings is 1. The average molecular weight is 561 g/mol. The molecule has 3 heterocycles. The van der Waals surface area contributed by atoms with Crippen LogP contribution in [0, 0.1) is 5.92 Å². The van der Waals surface area contributed by atoms with Crippen molar-refractivity contribution >= 4 is 45.2 Å². The molecule has 1 aliphatic rings. The molecule has 3 rings (SSSR count). The number of likely N-dealkylation sites (tertiary alicyclic amines) is 1. The molecular formula is C23H31Cl2N5O5S. The topological polar surface area (TPSA) is 123 Å². The number of hydrogen-bond acceptors (Lipinski definition) is 7. The van der Waals surface area contributed by atoms with E-state index in [1.54, 1.807) is 11.1 Å². The van der Waals surface area contributed by atoms with E-state index in [0.717, 1.165) is 32.1 Å². The number of halogens is 2. The normalized spacial score (nSPS) is 17.2. The average Bonchev–Trinajstić information content (AvgIpc) is 3.38. The third-order valence-electron chi connectivity index (χ3n) is 6.08. The van der Waals surface area contributed by atoms with Crippen LogP contribution >= 0.6 is 23.2 Å². The van der Waals surface area contributed by atoms with Gasteiger partial charge in [0.25, 0.3) is 15.9 Å². The highest BCUT2D eigenvalue weighted by atomic mass is 35.5. The third-order valence-corrected chi connectivity index (χ3v) is 7.80. The molecule has 1 atom stereocenters. The number of unbranched alkanes of at least 4 members (excludes halogenated alkanes) is 1. The molecule has 1 N–H and O–H groups in total. The summed E-state index contributed by atoms with van der Waals surface area (Å²) in [5.74, 6) is -0.616. The fourth-order valence-electron chi connectivity index (χ4n) is 4.25. The lowest BCUT2D eigenvalue weighted by atomic mass is 9.93. The minimum atomic E-state index is -4.21. The summed E-state index contributed by atoms with van der Waals surface area (Å²) in [5.41, 5.74) is -0.395. The van der Waals surface area contributed by atoms with Crippen LogP contribution in [0.1, 0.15) is 63.2 Å². The molecule has 0 aliphatic carbocycles. The summed E-state index contributed by atoms with van der Waals surface area (Å²) in [4.78, 5) is 30.4. The van der Waals surface area contributed by atoms with Gasteiger partial charge in [0.2, 0.25) is 0 Å². The van der Waals surface area contributed by atoms with E-state index >= 15 is 0 Å². The number of nitrogens with one attached hydrogen (secondary N) is 1. The number of nitrogens with zero attached hydrogens (tertiary/aromatic N) is 4. The van der Waals surface area contributed by atoms with E-state index in [0.29, 0.717) is 25.6 Å². The fourth-order valence-corrected chi connectivity index (χ4v) is 5.59. The molecule has 1 fully saturated rings. The van der Waals surface area contributed by atoms with Crippen LogP contribution in [0.3, 0.4) is 0 Å². The SMILES string of the molecule is CCCCOC(=O)N1C[C@@H](CCCn2ccc(S(=O)(=O)NC(=O)c3ccc(Cl)nc3Cl)n2)CC1(C)C. The van der Waals surface area contributed by atoms with Crippen molar-refractivity contribution in [2.45, 2.75) is 70.0 Å². The van der Waals surface area contributed by atoms with Gasteiger partial charge >= 0.3 is 6.09 Å². The molecule has 0 radical (unpaired) electrons. The highest BCUT2D eigenvalue weighted by molar-refractivity contribution is 7.90. The van der Waals surface area contributed by atoms with E-state index in [1.807, 2.05) is 25.5 Å². The number of sulfonamides is 1. The molecule has 0 unspecified atom stereocenters. The Balaban J connectivity index is 1.52. The van der Waals surface area contributed by atoms with E-state index < -0.39 is 15.9 Å². The monoisotopic (exact) mass is 559 g/mol. The molecule has 2 amide bonds. The van der Waals surface area contributed by atoms with E-state index in [1.165, 1.54) is 22.9 Å². The Hall–Kier alpha value is -2.37. The highest BCUT2D eigenvalue weighted by Gasteiger charge is 2.41. The molecule has 198 valence electrons. The van der Waals surface area contributed by atoms with Gasteiger partial charge in [-0.25, -0.2) is 14.5 Å². The molecule has 10 nitrogen and oxygen atoms in total. The van der Waals surface area contributed by atoms with Gasteiger partial charge in [-0.2, -0.15) is 13.5 Å². The molecular weight excluding hydrogens is 529 g/mol. The summed E-state index contributed by atoms with van der Waals surface area (Å²) in [6.45, 7) is 7.69. The van der Waals surface area contributed by atoms with Crippen LogP contribution < -0.4 is 4.72 Å². The highest BCUT2D eigenvalue weighted by Crippen LogP contribution is 2.35. The minimum Gasteiger partial charge on any atom is -0.449 e. The van der Waals surface area contributed by atoms with Crippen molar-refractivity contribution < 1.29 is 22.7 Å². The molecule has 1 aliphatic heterocycles. The number of amides is 2. The zero-order chi connectivity index (χ0) is 26.5.